The number of benzene rings is 3. The molecule has 2 N–H and O–H groups in total. The predicted octanol–water partition coefficient (Wildman–Crippen LogP) is 5.20. The van der Waals surface area contributed by atoms with Crippen LogP contribution < -0.4 is 10.6 Å². The molecule has 1 aliphatic rings. The topological polar surface area (TPSA) is 78.5 Å². The minimum Gasteiger partial charge on any atom is -0.381 e. The highest BCUT2D eigenvalue weighted by Crippen LogP contribution is 2.26. The Balaban J connectivity index is 1.64. The zero-order valence-corrected chi connectivity index (χ0v) is 20.4. The first kappa shape index (κ1) is 24.3. The summed E-state index contributed by atoms with van der Waals surface area (Å²) in [5, 5.41) is 6.03. The van der Waals surface area contributed by atoms with Crippen LogP contribution in [0.5, 0.6) is 0 Å². The molecule has 0 bridgehead atoms. The number of hydrogen-bond acceptors (Lipinski definition) is 5. The van der Waals surface area contributed by atoms with E-state index in [1.54, 1.807) is 42.1 Å². The Labute approximate surface area is 203 Å². The van der Waals surface area contributed by atoms with Gasteiger partial charge in [-0.25, -0.2) is 12.8 Å². The molecule has 3 aromatic rings. The van der Waals surface area contributed by atoms with Gasteiger partial charge in [-0.05, 0) is 73.2 Å². The van der Waals surface area contributed by atoms with Gasteiger partial charge < -0.3 is 10.6 Å². The van der Waals surface area contributed by atoms with Crippen molar-refractivity contribution < 1.29 is 17.6 Å². The number of hydrogen-bond donors (Lipinski definition) is 2. The van der Waals surface area contributed by atoms with Crippen molar-refractivity contribution in [3.05, 3.63) is 83.7 Å². The number of halogens is 1. The van der Waals surface area contributed by atoms with Crippen LogP contribution in [0.3, 0.4) is 0 Å². The highest BCUT2D eigenvalue weighted by atomic mass is 32.2. The first-order chi connectivity index (χ1) is 16.3. The molecule has 9 heteroatoms. The predicted molar refractivity (Wildman–Crippen MR) is 134 cm³/mol. The number of anilines is 2. The monoisotopic (exact) mass is 499 g/mol. The maximum atomic E-state index is 13.2. The first-order valence-electron chi connectivity index (χ1n) is 10.9. The number of carbonyl (C=O) groups excluding carboxylic acids is 1. The van der Waals surface area contributed by atoms with Gasteiger partial charge in [0.25, 0.3) is 5.91 Å². The lowest BCUT2D eigenvalue weighted by atomic mass is 10.1. The molecule has 4 rings (SSSR count). The standard InChI is InChI=1S/C25H26FN3O3S2/c1-33-23-6-4-5-21(15-23)28-25(30)19-13-22(27-17-18-7-9-20(26)10-8-18)16-24(14-19)34(31,32)29-11-2-3-12-29/h4-10,13-16,27H,2-3,11-12,17H2,1H3,(H,28,30). The molecule has 1 saturated heterocycles. The molecule has 0 atom stereocenters. The number of nitrogens with one attached hydrogen (secondary N) is 2. The Kier molecular flexibility index (Phi) is 7.55. The molecule has 3 aromatic carbocycles. The Morgan fingerprint density at radius 3 is 2.44 bits per heavy atom. The summed E-state index contributed by atoms with van der Waals surface area (Å²) in [5.41, 5.74) is 2.18. The number of sulfonamides is 1. The average molecular weight is 500 g/mol. The van der Waals surface area contributed by atoms with Gasteiger partial charge in [0.1, 0.15) is 5.82 Å². The van der Waals surface area contributed by atoms with Gasteiger partial charge in [0.05, 0.1) is 4.90 Å². The Morgan fingerprint density at radius 1 is 1.00 bits per heavy atom. The molecule has 0 saturated carbocycles. The molecule has 0 spiro atoms. The van der Waals surface area contributed by atoms with Crippen LogP contribution >= 0.6 is 11.8 Å². The minimum absolute atomic E-state index is 0.0709. The molecule has 1 aliphatic heterocycles. The van der Waals surface area contributed by atoms with E-state index in [0.717, 1.165) is 23.3 Å². The number of carbonyl (C=O) groups is 1. The summed E-state index contributed by atoms with van der Waals surface area (Å²) in [5.74, 6) is -0.728. The number of rotatable bonds is 8. The third kappa shape index (κ3) is 5.78. The highest BCUT2D eigenvalue weighted by Gasteiger charge is 2.28. The van der Waals surface area contributed by atoms with Gasteiger partial charge in [0, 0.05) is 41.5 Å². The van der Waals surface area contributed by atoms with Crippen LogP contribution in [0.25, 0.3) is 0 Å². The summed E-state index contributed by atoms with van der Waals surface area (Å²) >= 11 is 1.56. The summed E-state index contributed by atoms with van der Waals surface area (Å²) < 4.78 is 41.1. The van der Waals surface area contributed by atoms with Crippen LogP contribution in [0.4, 0.5) is 15.8 Å². The lowest BCUT2D eigenvalue weighted by Crippen LogP contribution is -2.28. The third-order valence-electron chi connectivity index (χ3n) is 5.61. The maximum absolute atomic E-state index is 13.2. The molecule has 6 nitrogen and oxygen atoms in total. The van der Waals surface area contributed by atoms with Crippen LogP contribution in [0.1, 0.15) is 28.8 Å². The molecular weight excluding hydrogens is 473 g/mol. The zero-order valence-electron chi connectivity index (χ0n) is 18.8. The van der Waals surface area contributed by atoms with E-state index in [1.165, 1.54) is 22.5 Å². The summed E-state index contributed by atoms with van der Waals surface area (Å²) in [4.78, 5) is 14.2. The van der Waals surface area contributed by atoms with Crippen molar-refractivity contribution in [1.82, 2.24) is 4.31 Å². The van der Waals surface area contributed by atoms with E-state index in [2.05, 4.69) is 10.6 Å². The summed E-state index contributed by atoms with van der Waals surface area (Å²) in [7, 11) is -3.73. The fraction of sp³-hybridized carbons (Fsp3) is 0.240. The van der Waals surface area contributed by atoms with Crippen LogP contribution in [0.2, 0.25) is 0 Å². The molecule has 1 amide bonds. The van der Waals surface area contributed by atoms with Crippen molar-refractivity contribution in [1.29, 1.82) is 0 Å². The molecular formula is C25H26FN3O3S2. The van der Waals surface area contributed by atoms with Crippen molar-refractivity contribution in [3.63, 3.8) is 0 Å². The molecule has 0 aliphatic carbocycles. The van der Waals surface area contributed by atoms with Gasteiger partial charge in [-0.3, -0.25) is 4.79 Å². The van der Waals surface area contributed by atoms with Crippen molar-refractivity contribution in [2.45, 2.75) is 29.2 Å². The van der Waals surface area contributed by atoms with E-state index in [1.807, 2.05) is 24.5 Å². The van der Waals surface area contributed by atoms with Crippen molar-refractivity contribution in [2.24, 2.45) is 0 Å². The SMILES string of the molecule is CSc1cccc(NC(=O)c2cc(NCc3ccc(F)cc3)cc(S(=O)(=O)N3CCCC3)c2)c1. The van der Waals surface area contributed by atoms with E-state index in [-0.39, 0.29) is 16.3 Å². The second-order valence-electron chi connectivity index (χ2n) is 8.02. The fourth-order valence-electron chi connectivity index (χ4n) is 3.77. The van der Waals surface area contributed by atoms with E-state index < -0.39 is 15.9 Å². The molecule has 34 heavy (non-hydrogen) atoms. The summed E-state index contributed by atoms with van der Waals surface area (Å²) in [6.07, 6.45) is 3.59. The van der Waals surface area contributed by atoms with Gasteiger partial charge in [0.2, 0.25) is 10.0 Å². The minimum atomic E-state index is -3.73. The summed E-state index contributed by atoms with van der Waals surface area (Å²) in [6, 6.07) is 18.1. The first-order valence-corrected chi connectivity index (χ1v) is 13.6. The van der Waals surface area contributed by atoms with Crippen molar-refractivity contribution in [3.8, 4) is 0 Å². The normalized spacial score (nSPS) is 14.2. The van der Waals surface area contributed by atoms with Crippen molar-refractivity contribution >= 4 is 39.1 Å². The number of thioether (sulfide) groups is 1. The van der Waals surface area contributed by atoms with Gasteiger partial charge in [-0.15, -0.1) is 11.8 Å². The Bertz CT molecular complexity index is 1270. The second-order valence-corrected chi connectivity index (χ2v) is 10.8. The zero-order chi connectivity index (χ0) is 24.1. The molecule has 178 valence electrons. The number of nitrogens with zero attached hydrogens (tertiary/aromatic N) is 1. The fourth-order valence-corrected chi connectivity index (χ4v) is 5.82. The lowest BCUT2D eigenvalue weighted by Gasteiger charge is -2.18. The van der Waals surface area contributed by atoms with E-state index in [0.29, 0.717) is 31.0 Å². The molecule has 1 heterocycles. The Hall–Kier alpha value is -2.88. The van der Waals surface area contributed by atoms with E-state index >= 15 is 0 Å². The maximum Gasteiger partial charge on any atom is 0.255 e. The molecule has 0 radical (unpaired) electrons. The molecule has 0 aromatic heterocycles. The van der Waals surface area contributed by atoms with Crippen LogP contribution in [-0.4, -0.2) is 38.0 Å². The van der Waals surface area contributed by atoms with Gasteiger partial charge in [0.15, 0.2) is 0 Å². The smallest absolute Gasteiger partial charge is 0.255 e. The lowest BCUT2D eigenvalue weighted by molar-refractivity contribution is 0.102. The van der Waals surface area contributed by atoms with Crippen molar-refractivity contribution in [2.75, 3.05) is 30.0 Å². The average Bonchev–Trinajstić information content (AvgIpc) is 3.40. The quantitative estimate of drug-likeness (QED) is 0.417. The third-order valence-corrected chi connectivity index (χ3v) is 8.21. The van der Waals surface area contributed by atoms with Gasteiger partial charge in [-0.1, -0.05) is 18.2 Å². The summed E-state index contributed by atoms with van der Waals surface area (Å²) in [6.45, 7) is 1.29. The van der Waals surface area contributed by atoms with Gasteiger partial charge in [-0.2, -0.15) is 4.31 Å². The van der Waals surface area contributed by atoms with Crippen LogP contribution in [-0.2, 0) is 16.6 Å². The Morgan fingerprint density at radius 2 is 1.74 bits per heavy atom. The molecule has 1 fully saturated rings. The highest BCUT2D eigenvalue weighted by molar-refractivity contribution is 7.98. The van der Waals surface area contributed by atoms with Crippen LogP contribution in [0, 0.1) is 5.82 Å². The second kappa shape index (κ2) is 10.6. The molecule has 0 unspecified atom stereocenters. The number of amides is 1. The largest absolute Gasteiger partial charge is 0.381 e. The van der Waals surface area contributed by atoms with E-state index in [4.69, 9.17) is 0 Å². The van der Waals surface area contributed by atoms with Crippen LogP contribution in [0.15, 0.2) is 76.5 Å². The van der Waals surface area contributed by atoms with E-state index in [9.17, 15) is 17.6 Å². The van der Waals surface area contributed by atoms with Gasteiger partial charge >= 0.3 is 0 Å².